The molecule has 1 unspecified atom stereocenters. The first kappa shape index (κ1) is 12.4. The van der Waals surface area contributed by atoms with E-state index >= 15 is 0 Å². The number of hydrogen-bond acceptors (Lipinski definition) is 2. The zero-order valence-electron chi connectivity index (χ0n) is 11.5. The smallest absolute Gasteiger partial charge is 0.312 e. The summed E-state index contributed by atoms with van der Waals surface area (Å²) in [6.45, 7) is 0.621. The highest BCUT2D eigenvalue weighted by molar-refractivity contribution is 6.10. The van der Waals surface area contributed by atoms with E-state index in [1.54, 1.807) is 0 Å². The lowest BCUT2D eigenvalue weighted by Gasteiger charge is -2.07. The highest BCUT2D eigenvalue weighted by atomic mass is 16.4. The van der Waals surface area contributed by atoms with Gasteiger partial charge in [-0.15, -0.1) is 0 Å². The minimum atomic E-state index is -0.797. The van der Waals surface area contributed by atoms with E-state index in [1.165, 1.54) is 0 Å². The van der Waals surface area contributed by atoms with Crippen LogP contribution in [0.15, 0.2) is 30.3 Å². The van der Waals surface area contributed by atoms with Crippen molar-refractivity contribution in [2.45, 2.75) is 31.7 Å². The normalized spacial score (nSPS) is 19.6. The van der Waals surface area contributed by atoms with Crippen LogP contribution in [0.4, 0.5) is 0 Å². The molecule has 0 amide bonds. The van der Waals surface area contributed by atoms with Crippen molar-refractivity contribution in [2.24, 2.45) is 0 Å². The Morgan fingerprint density at radius 2 is 1.95 bits per heavy atom. The fourth-order valence-electron chi connectivity index (χ4n) is 3.63. The number of carboxylic acid groups (broad SMARTS) is 1. The van der Waals surface area contributed by atoms with Gasteiger partial charge in [0.05, 0.1) is 11.6 Å². The molecule has 0 fully saturated rings. The van der Waals surface area contributed by atoms with Gasteiger partial charge in [0.2, 0.25) is 5.78 Å². The van der Waals surface area contributed by atoms with E-state index in [0.29, 0.717) is 18.7 Å². The number of nitrogens with zero attached hydrogens (tertiary/aromatic N) is 1. The van der Waals surface area contributed by atoms with E-state index in [0.717, 1.165) is 35.2 Å². The van der Waals surface area contributed by atoms with Gasteiger partial charge in [-0.2, -0.15) is 0 Å². The predicted molar refractivity (Wildman–Crippen MR) is 76.7 cm³/mol. The monoisotopic (exact) mass is 281 g/mol. The molecule has 1 aliphatic heterocycles. The molecule has 0 saturated carbocycles. The molecule has 1 atom stereocenters. The lowest BCUT2D eigenvalue weighted by Crippen LogP contribution is -2.11. The molecule has 0 bridgehead atoms. The Labute approximate surface area is 122 Å². The van der Waals surface area contributed by atoms with Crippen molar-refractivity contribution in [1.29, 1.82) is 0 Å². The van der Waals surface area contributed by atoms with Crippen LogP contribution in [-0.4, -0.2) is 21.4 Å². The van der Waals surface area contributed by atoms with Gasteiger partial charge in [0, 0.05) is 17.8 Å². The Bertz CT molecular complexity index is 772. The van der Waals surface area contributed by atoms with Gasteiger partial charge < -0.3 is 9.67 Å². The third-order valence-corrected chi connectivity index (χ3v) is 4.65. The summed E-state index contributed by atoms with van der Waals surface area (Å²) in [5.41, 5.74) is 4.34. The summed E-state index contributed by atoms with van der Waals surface area (Å²) < 4.78 is 1.93. The molecular weight excluding hydrogens is 266 g/mol. The Balaban J connectivity index is 1.89. The van der Waals surface area contributed by atoms with Gasteiger partial charge in [-0.1, -0.05) is 24.3 Å². The highest BCUT2D eigenvalue weighted by Gasteiger charge is 2.35. The van der Waals surface area contributed by atoms with Crippen LogP contribution in [0.2, 0.25) is 0 Å². The topological polar surface area (TPSA) is 59.3 Å². The predicted octanol–water partition coefficient (Wildman–Crippen LogP) is 2.39. The number of fused-ring (bicyclic) bond motifs is 4. The van der Waals surface area contributed by atoms with E-state index in [4.69, 9.17) is 0 Å². The van der Waals surface area contributed by atoms with Crippen molar-refractivity contribution in [2.75, 3.05) is 0 Å². The van der Waals surface area contributed by atoms with Gasteiger partial charge in [0.25, 0.3) is 0 Å². The molecule has 1 N–H and O–H groups in total. The molecule has 4 nitrogen and oxygen atoms in total. The van der Waals surface area contributed by atoms with Crippen LogP contribution < -0.4 is 0 Å². The average Bonchev–Trinajstić information content (AvgIpc) is 2.99. The molecule has 0 spiro atoms. The molecule has 1 aromatic carbocycles. The third-order valence-electron chi connectivity index (χ3n) is 4.65. The minimum Gasteiger partial charge on any atom is -0.481 e. The molecule has 0 saturated heterocycles. The van der Waals surface area contributed by atoms with Gasteiger partial charge in [-0.25, -0.2) is 0 Å². The first-order chi connectivity index (χ1) is 10.2. The lowest BCUT2D eigenvalue weighted by atomic mass is 10.0. The van der Waals surface area contributed by atoms with E-state index in [-0.39, 0.29) is 5.78 Å². The number of aliphatic carboxylic acids is 1. The number of ketones is 1. The van der Waals surface area contributed by atoms with Crippen molar-refractivity contribution in [3.05, 3.63) is 58.4 Å². The summed E-state index contributed by atoms with van der Waals surface area (Å²) in [5.74, 6) is -1.23. The maximum atomic E-state index is 12.9. The number of aryl methyl sites for hydroxylation is 2. The van der Waals surface area contributed by atoms with E-state index in [9.17, 15) is 14.7 Å². The lowest BCUT2D eigenvalue weighted by molar-refractivity contribution is -0.138. The van der Waals surface area contributed by atoms with E-state index in [1.807, 2.05) is 34.9 Å². The van der Waals surface area contributed by atoms with E-state index in [2.05, 4.69) is 0 Å². The van der Waals surface area contributed by atoms with Crippen LogP contribution in [0, 0.1) is 0 Å². The largest absolute Gasteiger partial charge is 0.481 e. The summed E-state index contributed by atoms with van der Waals surface area (Å²) in [5, 5.41) is 9.30. The minimum absolute atomic E-state index is 0.0374. The molecule has 106 valence electrons. The van der Waals surface area contributed by atoms with Crippen molar-refractivity contribution in [3.8, 4) is 0 Å². The van der Waals surface area contributed by atoms with Crippen LogP contribution in [-0.2, 0) is 24.2 Å². The van der Waals surface area contributed by atoms with Crippen LogP contribution >= 0.6 is 0 Å². The fraction of sp³-hybridized carbons (Fsp3) is 0.294. The standard InChI is InChI=1S/C17H15NO3/c19-16-12-4-2-1-3-10(12)5-6-11-9-14-13(17(20)21)7-8-18(14)15(11)16/h1-4,9,13H,5-8H2,(H,20,21). The second-order valence-electron chi connectivity index (χ2n) is 5.76. The zero-order valence-corrected chi connectivity index (χ0v) is 11.5. The number of hydrogen-bond donors (Lipinski definition) is 1. The zero-order chi connectivity index (χ0) is 14.6. The highest BCUT2D eigenvalue weighted by Crippen LogP contribution is 2.36. The Morgan fingerprint density at radius 3 is 2.76 bits per heavy atom. The molecule has 2 heterocycles. The number of benzene rings is 1. The van der Waals surface area contributed by atoms with Crippen molar-refractivity contribution >= 4 is 11.8 Å². The number of aromatic nitrogens is 1. The Kier molecular flexibility index (Phi) is 2.55. The summed E-state index contributed by atoms with van der Waals surface area (Å²) in [6.07, 6.45) is 2.20. The van der Waals surface area contributed by atoms with Gasteiger partial charge in [0.15, 0.2) is 0 Å². The maximum Gasteiger partial charge on any atom is 0.312 e. The second-order valence-corrected chi connectivity index (χ2v) is 5.76. The van der Waals surface area contributed by atoms with Crippen LogP contribution in [0.5, 0.6) is 0 Å². The Morgan fingerprint density at radius 1 is 1.19 bits per heavy atom. The van der Waals surface area contributed by atoms with Crippen LogP contribution in [0.1, 0.15) is 45.2 Å². The molecule has 1 aliphatic carbocycles. The van der Waals surface area contributed by atoms with Crippen LogP contribution in [0.25, 0.3) is 0 Å². The molecule has 2 aromatic rings. The summed E-state index contributed by atoms with van der Waals surface area (Å²) in [7, 11) is 0. The SMILES string of the molecule is O=C1c2ccccc2CCc2cc3n(c21)CCC3C(=O)O. The molecule has 21 heavy (non-hydrogen) atoms. The van der Waals surface area contributed by atoms with Gasteiger partial charge >= 0.3 is 5.97 Å². The summed E-state index contributed by atoms with van der Waals surface area (Å²) in [4.78, 5) is 24.2. The van der Waals surface area contributed by atoms with Gasteiger partial charge in [-0.05, 0) is 36.5 Å². The quantitative estimate of drug-likeness (QED) is 0.873. The van der Waals surface area contributed by atoms with Crippen molar-refractivity contribution in [3.63, 3.8) is 0 Å². The number of carbonyl (C=O) groups is 2. The Hall–Kier alpha value is -2.36. The third kappa shape index (κ3) is 1.68. The van der Waals surface area contributed by atoms with E-state index < -0.39 is 11.9 Å². The maximum absolute atomic E-state index is 12.9. The summed E-state index contributed by atoms with van der Waals surface area (Å²) >= 11 is 0. The van der Waals surface area contributed by atoms with Gasteiger partial charge in [-0.3, -0.25) is 9.59 Å². The molecule has 1 aromatic heterocycles. The van der Waals surface area contributed by atoms with Gasteiger partial charge in [0.1, 0.15) is 0 Å². The average molecular weight is 281 g/mol. The first-order valence-corrected chi connectivity index (χ1v) is 7.24. The second kappa shape index (κ2) is 4.32. The molecule has 2 aliphatic rings. The number of carboxylic acids is 1. The molecule has 0 radical (unpaired) electrons. The van der Waals surface area contributed by atoms with Crippen LogP contribution in [0.3, 0.4) is 0 Å². The van der Waals surface area contributed by atoms with Crippen molar-refractivity contribution in [1.82, 2.24) is 4.57 Å². The summed E-state index contributed by atoms with van der Waals surface area (Å²) in [6, 6.07) is 9.65. The molecule has 4 rings (SSSR count). The fourth-order valence-corrected chi connectivity index (χ4v) is 3.63. The molecular formula is C17H15NO3. The van der Waals surface area contributed by atoms with Crippen molar-refractivity contribution < 1.29 is 14.7 Å². The molecule has 4 heteroatoms. The first-order valence-electron chi connectivity index (χ1n) is 7.24. The number of rotatable bonds is 1. The number of carbonyl (C=O) groups excluding carboxylic acids is 1.